The van der Waals surface area contributed by atoms with Crippen molar-refractivity contribution in [2.24, 2.45) is 10.8 Å². The molecule has 1 aliphatic rings. The van der Waals surface area contributed by atoms with Gasteiger partial charge in [-0.05, 0) is 79.8 Å². The van der Waals surface area contributed by atoms with Crippen LogP contribution in [-0.2, 0) is 16.4 Å². The van der Waals surface area contributed by atoms with Gasteiger partial charge in [-0.25, -0.2) is 9.97 Å². The van der Waals surface area contributed by atoms with E-state index >= 15 is 0 Å². The van der Waals surface area contributed by atoms with E-state index < -0.39 is 15.4 Å². The van der Waals surface area contributed by atoms with Crippen molar-refractivity contribution in [3.8, 4) is 33.5 Å². The second-order valence-corrected chi connectivity index (χ2v) is 17.1. The minimum absolute atomic E-state index is 0.0820. The van der Waals surface area contributed by atoms with E-state index in [1.807, 2.05) is 43.3 Å². The lowest BCUT2D eigenvalue weighted by molar-refractivity contribution is 0.243. The van der Waals surface area contributed by atoms with Gasteiger partial charge in [0.1, 0.15) is 11.6 Å². The van der Waals surface area contributed by atoms with Gasteiger partial charge in [0.05, 0.1) is 28.7 Å². The zero-order chi connectivity index (χ0) is 35.1. The van der Waals surface area contributed by atoms with E-state index in [4.69, 9.17) is 9.72 Å². The van der Waals surface area contributed by atoms with E-state index in [-0.39, 0.29) is 15.6 Å². The van der Waals surface area contributed by atoms with Crippen molar-refractivity contribution in [3.05, 3.63) is 72.3 Å². The summed E-state index contributed by atoms with van der Waals surface area (Å²) in [6, 6.07) is 23.8. The number of nitrogens with zero attached hydrogens (tertiary/aromatic N) is 4. The first kappa shape index (κ1) is 36.3. The fraction of sp³-hybridized carbons (Fsp3) is 0.462. The van der Waals surface area contributed by atoms with Crippen LogP contribution < -0.4 is 14.4 Å². The van der Waals surface area contributed by atoms with Crippen molar-refractivity contribution < 1.29 is 13.2 Å². The zero-order valence-corrected chi connectivity index (χ0v) is 31.1. The van der Waals surface area contributed by atoms with Crippen LogP contribution in [0.25, 0.3) is 21.7 Å². The number of aryl methyl sites for hydroxylation is 1. The molecule has 8 nitrogen and oxygen atoms in total. The summed E-state index contributed by atoms with van der Waals surface area (Å²) in [5, 5.41) is 10.3. The number of fused-ring (bicyclic) bond motifs is 6. The smallest absolute Gasteiger partial charge is 0.281 e. The Hall–Kier alpha value is -3.94. The summed E-state index contributed by atoms with van der Waals surface area (Å²) in [5.74, 6) is 1.32. The Labute approximate surface area is 296 Å². The number of hydrogen-bond donors (Lipinski definition) is 1. The Balaban J connectivity index is 1.55. The highest BCUT2D eigenvalue weighted by molar-refractivity contribution is 7.92. The third-order valence-electron chi connectivity index (χ3n) is 8.88. The maximum absolute atomic E-state index is 13.9. The van der Waals surface area contributed by atoms with E-state index in [0.717, 1.165) is 78.8 Å². The molecule has 0 fully saturated rings. The second-order valence-electron chi connectivity index (χ2n) is 14.5. The SMILES string of the molecule is CCC[C@](C)(C#N)CN1CCCCCCc2ccccc2-c2nc(sc2-c2cccc(OCCC(C)(C)C)c2)NS(=O)(=O)c2cccc1n2. The van der Waals surface area contributed by atoms with Gasteiger partial charge < -0.3 is 9.64 Å². The van der Waals surface area contributed by atoms with Gasteiger partial charge in [-0.15, -0.1) is 0 Å². The maximum Gasteiger partial charge on any atom is 0.281 e. The fourth-order valence-corrected chi connectivity index (χ4v) is 8.37. The number of thiazole rings is 1. The predicted molar refractivity (Wildman–Crippen MR) is 201 cm³/mol. The first-order chi connectivity index (χ1) is 23.4. The number of nitrogens with one attached hydrogen (secondary N) is 1. The summed E-state index contributed by atoms with van der Waals surface area (Å²) in [7, 11) is -4.08. The molecule has 3 heterocycles. The number of hydrogen-bond acceptors (Lipinski definition) is 8. The molecular formula is C39H49N5O3S2. The number of benzene rings is 2. The molecule has 0 radical (unpaired) electrons. The highest BCUT2D eigenvalue weighted by atomic mass is 32.2. The molecule has 10 heteroatoms. The van der Waals surface area contributed by atoms with Gasteiger partial charge in [0.15, 0.2) is 10.2 Å². The third-order valence-corrected chi connectivity index (χ3v) is 11.3. The highest BCUT2D eigenvalue weighted by Crippen LogP contribution is 2.42. The summed E-state index contributed by atoms with van der Waals surface area (Å²) < 4.78 is 36.7. The largest absolute Gasteiger partial charge is 0.494 e. The Morgan fingerprint density at radius 3 is 2.51 bits per heavy atom. The molecule has 0 saturated carbocycles. The predicted octanol–water partition coefficient (Wildman–Crippen LogP) is 9.74. The molecule has 5 rings (SSSR count). The summed E-state index contributed by atoms with van der Waals surface area (Å²) in [5.41, 5.74) is 3.43. The number of rotatable bonds is 8. The van der Waals surface area contributed by atoms with Crippen molar-refractivity contribution in [3.63, 3.8) is 0 Å². The molecule has 0 saturated heterocycles. The quantitative estimate of drug-likeness (QED) is 0.195. The third kappa shape index (κ3) is 9.61. The maximum atomic E-state index is 13.9. The summed E-state index contributed by atoms with van der Waals surface area (Å²) >= 11 is 1.31. The first-order valence-corrected chi connectivity index (χ1v) is 19.7. The van der Waals surface area contributed by atoms with Crippen molar-refractivity contribution in [2.45, 2.75) is 91.0 Å². The van der Waals surface area contributed by atoms with Crippen molar-refractivity contribution in [1.29, 1.82) is 5.26 Å². The van der Waals surface area contributed by atoms with Crippen LogP contribution in [-0.4, -0.2) is 38.1 Å². The van der Waals surface area contributed by atoms with E-state index in [2.05, 4.69) is 66.6 Å². The number of sulfonamides is 1. The Kier molecular flexibility index (Phi) is 11.7. The molecule has 4 aromatic rings. The molecule has 2 aromatic carbocycles. The lowest BCUT2D eigenvalue weighted by atomic mass is 9.86. The van der Waals surface area contributed by atoms with E-state index in [9.17, 15) is 13.7 Å². The number of aromatic nitrogens is 2. The van der Waals surface area contributed by atoms with Crippen LogP contribution in [0.15, 0.2) is 71.8 Å². The highest BCUT2D eigenvalue weighted by Gasteiger charge is 2.28. The van der Waals surface area contributed by atoms with E-state index in [1.165, 1.54) is 23.0 Å². The zero-order valence-electron chi connectivity index (χ0n) is 29.5. The fourth-order valence-electron chi connectivity index (χ4n) is 6.20. The van der Waals surface area contributed by atoms with Crippen molar-refractivity contribution in [2.75, 3.05) is 29.3 Å². The topological polar surface area (TPSA) is 108 Å². The normalized spacial score (nSPS) is 16.4. The first-order valence-electron chi connectivity index (χ1n) is 17.4. The summed E-state index contributed by atoms with van der Waals surface area (Å²) in [6.07, 6.45) is 7.45. The van der Waals surface area contributed by atoms with E-state index in [0.29, 0.717) is 25.5 Å². The van der Waals surface area contributed by atoms with Crippen LogP contribution in [0.4, 0.5) is 10.9 Å². The standard InChI is InChI=1S/C39H49N5O3S2/c1-6-22-39(5,27-40)28-44-24-12-8-7-9-15-29-16-10-11-19-32(29)35-36(30-17-13-18-31(26-30)47-25-23-38(2,3)4)48-37(42-35)43-49(45,46)34-21-14-20-33(44)41-34/h10-11,13-14,16-21,26H,6-9,12,15,22-25,28H2,1-5H3,(H,42,43)/t39-/m1/s1. The molecule has 0 aliphatic carbocycles. The van der Waals surface area contributed by atoms with E-state index in [1.54, 1.807) is 6.07 Å². The summed E-state index contributed by atoms with van der Waals surface area (Å²) in [6.45, 7) is 12.4. The van der Waals surface area contributed by atoms with Crippen LogP contribution in [0.2, 0.25) is 0 Å². The van der Waals surface area contributed by atoms with Gasteiger partial charge in [0.25, 0.3) is 10.0 Å². The molecule has 0 unspecified atom stereocenters. The average Bonchev–Trinajstić information content (AvgIpc) is 3.48. The molecule has 2 aromatic heterocycles. The van der Waals surface area contributed by atoms with Crippen LogP contribution >= 0.6 is 11.3 Å². The minimum Gasteiger partial charge on any atom is -0.494 e. The monoisotopic (exact) mass is 699 g/mol. The molecule has 1 N–H and O–H groups in total. The molecule has 1 aliphatic heterocycles. The van der Waals surface area contributed by atoms with Crippen molar-refractivity contribution >= 4 is 32.3 Å². The lowest BCUT2D eigenvalue weighted by Gasteiger charge is -2.31. The lowest BCUT2D eigenvalue weighted by Crippen LogP contribution is -2.37. The second kappa shape index (κ2) is 15.7. The number of ether oxygens (including phenoxy) is 1. The number of anilines is 2. The van der Waals surface area contributed by atoms with Gasteiger partial charge in [-0.1, -0.05) is 101 Å². The number of pyridine rings is 1. The Bertz CT molecular complexity index is 1880. The van der Waals surface area contributed by atoms with Gasteiger partial charge in [-0.3, -0.25) is 4.72 Å². The van der Waals surface area contributed by atoms with Crippen LogP contribution in [0.5, 0.6) is 5.75 Å². The molecule has 0 amide bonds. The summed E-state index contributed by atoms with van der Waals surface area (Å²) in [4.78, 5) is 12.6. The van der Waals surface area contributed by atoms with Gasteiger partial charge >= 0.3 is 0 Å². The van der Waals surface area contributed by atoms with Crippen molar-refractivity contribution in [1.82, 2.24) is 9.97 Å². The van der Waals surface area contributed by atoms with Gasteiger partial charge in [0, 0.05) is 18.7 Å². The van der Waals surface area contributed by atoms with Crippen LogP contribution in [0.3, 0.4) is 0 Å². The van der Waals surface area contributed by atoms with Gasteiger partial charge in [-0.2, -0.15) is 13.7 Å². The molecule has 0 spiro atoms. The molecule has 49 heavy (non-hydrogen) atoms. The molecule has 260 valence electrons. The average molecular weight is 700 g/mol. The number of nitriles is 1. The molecule has 4 bridgehead atoms. The van der Waals surface area contributed by atoms with Gasteiger partial charge in [0.2, 0.25) is 0 Å². The molecular weight excluding hydrogens is 651 g/mol. The van der Waals surface area contributed by atoms with Crippen LogP contribution in [0, 0.1) is 22.2 Å². The Morgan fingerprint density at radius 1 is 0.959 bits per heavy atom. The Morgan fingerprint density at radius 2 is 1.73 bits per heavy atom. The minimum atomic E-state index is -4.08. The van der Waals surface area contributed by atoms with Crippen LogP contribution in [0.1, 0.15) is 85.1 Å². The molecule has 1 atom stereocenters.